The molecule has 0 spiro atoms. The van der Waals surface area contributed by atoms with Gasteiger partial charge in [0.05, 0.1) is 24.2 Å². The Bertz CT molecular complexity index is 722. The average Bonchev–Trinajstić information content (AvgIpc) is 2.54. The lowest BCUT2D eigenvalue weighted by Gasteiger charge is -2.18. The third-order valence-corrected chi connectivity index (χ3v) is 3.12. The lowest BCUT2D eigenvalue weighted by Crippen LogP contribution is -2.27. The molecule has 0 unspecified atom stereocenters. The van der Waals surface area contributed by atoms with Gasteiger partial charge in [-0.3, -0.25) is 15.4 Å². The van der Waals surface area contributed by atoms with Crippen molar-refractivity contribution in [2.75, 3.05) is 11.9 Å². The van der Waals surface area contributed by atoms with E-state index in [1.54, 1.807) is 18.5 Å². The number of hydrazone groups is 1. The molecule has 1 aliphatic heterocycles. The van der Waals surface area contributed by atoms with Crippen LogP contribution in [0.3, 0.4) is 0 Å². The Kier molecular flexibility index (Phi) is 4.19. The smallest absolute Gasteiger partial charge is 0.191 e. The van der Waals surface area contributed by atoms with Gasteiger partial charge >= 0.3 is 0 Å². The van der Waals surface area contributed by atoms with Gasteiger partial charge in [-0.05, 0) is 30.4 Å². The molecule has 0 radical (unpaired) electrons. The predicted octanol–water partition coefficient (Wildman–Crippen LogP) is 2.09. The Hall–Kier alpha value is -2.61. The lowest BCUT2D eigenvalue weighted by atomic mass is 10.1. The van der Waals surface area contributed by atoms with Crippen molar-refractivity contribution in [2.45, 2.75) is 6.42 Å². The summed E-state index contributed by atoms with van der Waals surface area (Å²) < 4.78 is 18.9. The van der Waals surface area contributed by atoms with E-state index in [-0.39, 0.29) is 5.75 Å². The van der Waals surface area contributed by atoms with E-state index in [2.05, 4.69) is 25.8 Å². The summed E-state index contributed by atoms with van der Waals surface area (Å²) in [6.45, 7) is 0.346. The van der Waals surface area contributed by atoms with Crippen LogP contribution in [0.15, 0.2) is 41.9 Å². The van der Waals surface area contributed by atoms with Gasteiger partial charge in [0.1, 0.15) is 5.69 Å². The fourth-order valence-electron chi connectivity index (χ4n) is 1.96. The first-order valence-corrected chi connectivity index (χ1v) is 6.96. The van der Waals surface area contributed by atoms with Gasteiger partial charge in [-0.1, -0.05) is 0 Å². The van der Waals surface area contributed by atoms with E-state index in [1.165, 1.54) is 12.3 Å². The molecule has 22 heavy (non-hydrogen) atoms. The average molecular weight is 317 g/mol. The zero-order chi connectivity index (χ0) is 15.4. The Labute approximate surface area is 131 Å². The lowest BCUT2D eigenvalue weighted by molar-refractivity contribution is 0.300. The van der Waals surface area contributed by atoms with Gasteiger partial charge in [0.25, 0.3) is 0 Å². The number of fused-ring (bicyclic) bond motifs is 1. The summed E-state index contributed by atoms with van der Waals surface area (Å²) in [5.41, 5.74) is 4.46. The molecule has 2 aromatic rings. The maximum Gasteiger partial charge on any atom is 0.191 e. The van der Waals surface area contributed by atoms with Crippen LogP contribution >= 0.6 is 12.2 Å². The highest BCUT2D eigenvalue weighted by Gasteiger charge is 2.21. The minimum Gasteiger partial charge on any atom is -0.488 e. The molecule has 0 amide bonds. The molecular weight excluding hydrogens is 305 g/mol. The van der Waals surface area contributed by atoms with Gasteiger partial charge in [-0.15, -0.1) is 0 Å². The normalized spacial score (nSPS) is 14.9. The monoisotopic (exact) mass is 317 g/mol. The first-order valence-electron chi connectivity index (χ1n) is 6.55. The first kappa shape index (κ1) is 14.3. The van der Waals surface area contributed by atoms with Gasteiger partial charge in [-0.25, -0.2) is 4.39 Å². The molecule has 2 aromatic heterocycles. The molecule has 3 rings (SSSR count). The van der Waals surface area contributed by atoms with E-state index in [0.717, 1.165) is 5.69 Å². The molecule has 2 N–H and O–H groups in total. The number of aromatic nitrogens is 2. The maximum absolute atomic E-state index is 13.6. The van der Waals surface area contributed by atoms with Crippen LogP contribution < -0.4 is 15.5 Å². The maximum atomic E-state index is 13.6. The number of halogens is 1. The molecule has 0 fully saturated rings. The molecule has 3 heterocycles. The summed E-state index contributed by atoms with van der Waals surface area (Å²) in [7, 11) is 0. The highest BCUT2D eigenvalue weighted by atomic mass is 32.1. The van der Waals surface area contributed by atoms with Crippen molar-refractivity contribution in [3.63, 3.8) is 0 Å². The van der Waals surface area contributed by atoms with Gasteiger partial charge in [0, 0.05) is 18.8 Å². The molecule has 112 valence electrons. The Morgan fingerprint density at radius 1 is 1.36 bits per heavy atom. The van der Waals surface area contributed by atoms with E-state index in [0.29, 0.717) is 29.5 Å². The number of anilines is 1. The fraction of sp³-hybridized carbons (Fsp3) is 0.143. The standard InChI is InChI=1S/C14H12FN5OS/c15-10-3-6-17-12-11(4-7-21-13(10)12)19-20-14(22)18-9-2-1-5-16-8-9/h1-3,5-6,8H,4,7H2,(H2,18,20,22)/b19-11-. The summed E-state index contributed by atoms with van der Waals surface area (Å²) in [6.07, 6.45) is 5.21. The summed E-state index contributed by atoms with van der Waals surface area (Å²) in [5.74, 6) is -0.325. The SMILES string of the molecule is Fc1ccnc2c1OCC/C2=N/NC(=S)Nc1cccnc1. The third kappa shape index (κ3) is 3.17. The molecule has 0 atom stereocenters. The zero-order valence-electron chi connectivity index (χ0n) is 11.4. The van der Waals surface area contributed by atoms with Gasteiger partial charge in [0.2, 0.25) is 0 Å². The number of nitrogens with zero attached hydrogens (tertiary/aromatic N) is 3. The summed E-state index contributed by atoms with van der Waals surface area (Å²) in [6, 6.07) is 4.87. The molecule has 0 aliphatic carbocycles. The number of nitrogens with one attached hydrogen (secondary N) is 2. The molecule has 1 aliphatic rings. The number of pyridine rings is 2. The van der Waals surface area contributed by atoms with Crippen LogP contribution in [0.1, 0.15) is 12.1 Å². The van der Waals surface area contributed by atoms with Crippen LogP contribution in [0.5, 0.6) is 5.75 Å². The van der Waals surface area contributed by atoms with Crippen molar-refractivity contribution in [3.05, 3.63) is 48.3 Å². The second-order valence-electron chi connectivity index (χ2n) is 4.44. The minimum atomic E-state index is -0.450. The van der Waals surface area contributed by atoms with Gasteiger partial charge < -0.3 is 10.1 Å². The molecule has 6 nitrogen and oxygen atoms in total. The molecule has 0 aromatic carbocycles. The highest BCUT2D eigenvalue weighted by Crippen LogP contribution is 2.25. The van der Waals surface area contributed by atoms with E-state index in [1.807, 2.05) is 6.07 Å². The third-order valence-electron chi connectivity index (χ3n) is 2.93. The first-order chi connectivity index (χ1) is 10.7. The van der Waals surface area contributed by atoms with Crippen molar-refractivity contribution in [1.29, 1.82) is 0 Å². The Morgan fingerprint density at radius 2 is 2.27 bits per heavy atom. The quantitative estimate of drug-likeness (QED) is 0.653. The summed E-state index contributed by atoms with van der Waals surface area (Å²) in [5, 5.41) is 7.45. The highest BCUT2D eigenvalue weighted by molar-refractivity contribution is 7.80. The van der Waals surface area contributed by atoms with Crippen LogP contribution in [0.4, 0.5) is 10.1 Å². The largest absolute Gasteiger partial charge is 0.488 e. The van der Waals surface area contributed by atoms with Gasteiger partial charge in [-0.2, -0.15) is 5.10 Å². The number of thiocarbonyl (C=S) groups is 1. The molecular formula is C14H12FN5OS. The number of hydrogen-bond acceptors (Lipinski definition) is 5. The van der Waals surface area contributed by atoms with Crippen molar-refractivity contribution >= 4 is 28.7 Å². The molecule has 0 saturated carbocycles. The van der Waals surface area contributed by atoms with Crippen molar-refractivity contribution in [1.82, 2.24) is 15.4 Å². The van der Waals surface area contributed by atoms with Crippen molar-refractivity contribution in [3.8, 4) is 5.75 Å². The molecule has 8 heteroatoms. The second kappa shape index (κ2) is 6.44. The minimum absolute atomic E-state index is 0.125. The number of rotatable bonds is 2. The van der Waals surface area contributed by atoms with Crippen LogP contribution in [0.2, 0.25) is 0 Å². The molecule has 0 bridgehead atoms. The van der Waals surface area contributed by atoms with E-state index in [4.69, 9.17) is 17.0 Å². The van der Waals surface area contributed by atoms with Crippen LogP contribution in [-0.4, -0.2) is 27.4 Å². The second-order valence-corrected chi connectivity index (χ2v) is 4.84. The molecule has 0 saturated heterocycles. The van der Waals surface area contributed by atoms with Crippen LogP contribution in [-0.2, 0) is 0 Å². The summed E-state index contributed by atoms with van der Waals surface area (Å²) in [4.78, 5) is 8.09. The summed E-state index contributed by atoms with van der Waals surface area (Å²) >= 11 is 5.15. The number of ether oxygens (including phenoxy) is 1. The van der Waals surface area contributed by atoms with E-state index in [9.17, 15) is 4.39 Å². The van der Waals surface area contributed by atoms with Crippen LogP contribution in [0, 0.1) is 5.82 Å². The number of hydrogen-bond donors (Lipinski definition) is 2. The van der Waals surface area contributed by atoms with E-state index >= 15 is 0 Å². The zero-order valence-corrected chi connectivity index (χ0v) is 12.2. The van der Waals surface area contributed by atoms with Gasteiger partial charge in [0.15, 0.2) is 16.7 Å². The predicted molar refractivity (Wildman–Crippen MR) is 84.4 cm³/mol. The topological polar surface area (TPSA) is 71.4 Å². The van der Waals surface area contributed by atoms with E-state index < -0.39 is 5.82 Å². The van der Waals surface area contributed by atoms with Crippen LogP contribution in [0.25, 0.3) is 0 Å². The van der Waals surface area contributed by atoms with Crippen molar-refractivity contribution < 1.29 is 9.13 Å². The van der Waals surface area contributed by atoms with Crippen molar-refractivity contribution in [2.24, 2.45) is 5.10 Å². The fourth-order valence-corrected chi connectivity index (χ4v) is 2.12. The Balaban J connectivity index is 1.72. The Morgan fingerprint density at radius 3 is 3.09 bits per heavy atom.